The van der Waals surface area contributed by atoms with Crippen LogP contribution in [-0.4, -0.2) is 34.6 Å². The fourth-order valence-electron chi connectivity index (χ4n) is 2.48. The monoisotopic (exact) mass is 231 g/mol. The van der Waals surface area contributed by atoms with E-state index in [4.69, 9.17) is 0 Å². The summed E-state index contributed by atoms with van der Waals surface area (Å²) in [7, 11) is 0. The summed E-state index contributed by atoms with van der Waals surface area (Å²) in [6.45, 7) is 2.28. The highest BCUT2D eigenvalue weighted by Gasteiger charge is 2.27. The van der Waals surface area contributed by atoms with Crippen molar-refractivity contribution < 1.29 is 0 Å². The van der Waals surface area contributed by atoms with Gasteiger partial charge in [0, 0.05) is 23.1 Å². The largest absolute Gasteiger partial charge is 0.310 e. The van der Waals surface area contributed by atoms with E-state index in [0.717, 1.165) is 17.3 Å². The van der Waals surface area contributed by atoms with E-state index < -0.39 is 0 Å². The summed E-state index contributed by atoms with van der Waals surface area (Å²) in [5.74, 6) is 4.01. The standard InChI is InChI=1S/C11H21NS2/c1-2-14-11-4-3-9(7-11)12-10-5-6-13-8-10/h9-12H,2-8H2,1H3. The summed E-state index contributed by atoms with van der Waals surface area (Å²) >= 11 is 4.26. The Morgan fingerprint density at radius 3 is 2.93 bits per heavy atom. The van der Waals surface area contributed by atoms with Crippen molar-refractivity contribution in [3.8, 4) is 0 Å². The summed E-state index contributed by atoms with van der Waals surface area (Å²) in [5, 5.41) is 4.78. The van der Waals surface area contributed by atoms with E-state index in [1.165, 1.54) is 42.9 Å². The average molecular weight is 231 g/mol. The van der Waals surface area contributed by atoms with Crippen LogP contribution >= 0.6 is 23.5 Å². The maximum atomic E-state index is 3.83. The molecule has 1 aliphatic carbocycles. The lowest BCUT2D eigenvalue weighted by Crippen LogP contribution is -2.36. The molecule has 1 saturated carbocycles. The maximum Gasteiger partial charge on any atom is 0.0168 e. The lowest BCUT2D eigenvalue weighted by atomic mass is 10.2. The normalized spacial score (nSPS) is 37.9. The molecule has 2 fully saturated rings. The SMILES string of the molecule is CCSC1CCC(NC2CCSC2)C1. The van der Waals surface area contributed by atoms with E-state index in [0.29, 0.717) is 0 Å². The lowest BCUT2D eigenvalue weighted by Gasteiger charge is -2.17. The van der Waals surface area contributed by atoms with Gasteiger partial charge in [-0.25, -0.2) is 0 Å². The van der Waals surface area contributed by atoms with E-state index in [9.17, 15) is 0 Å². The second-order valence-electron chi connectivity index (χ2n) is 4.31. The van der Waals surface area contributed by atoms with Gasteiger partial charge in [-0.1, -0.05) is 6.92 Å². The Morgan fingerprint density at radius 1 is 1.29 bits per heavy atom. The molecule has 2 rings (SSSR count). The molecule has 1 saturated heterocycles. The van der Waals surface area contributed by atoms with Gasteiger partial charge in [-0.2, -0.15) is 23.5 Å². The lowest BCUT2D eigenvalue weighted by molar-refractivity contribution is 0.456. The minimum Gasteiger partial charge on any atom is -0.310 e. The van der Waals surface area contributed by atoms with Crippen LogP contribution in [-0.2, 0) is 0 Å². The van der Waals surface area contributed by atoms with Gasteiger partial charge < -0.3 is 5.32 Å². The van der Waals surface area contributed by atoms with Crippen molar-refractivity contribution in [3.05, 3.63) is 0 Å². The minimum atomic E-state index is 0.829. The van der Waals surface area contributed by atoms with Crippen LogP contribution in [0.25, 0.3) is 0 Å². The van der Waals surface area contributed by atoms with E-state index >= 15 is 0 Å². The molecule has 1 nitrogen and oxygen atoms in total. The summed E-state index contributed by atoms with van der Waals surface area (Å²) in [6.07, 6.45) is 5.67. The first-order valence-electron chi connectivity index (χ1n) is 5.84. The van der Waals surface area contributed by atoms with Gasteiger partial charge in [-0.05, 0) is 37.2 Å². The molecule has 0 amide bonds. The third kappa shape index (κ3) is 3.07. The van der Waals surface area contributed by atoms with Crippen LogP contribution in [0.4, 0.5) is 0 Å². The molecule has 3 atom stereocenters. The molecule has 0 aromatic rings. The van der Waals surface area contributed by atoms with Crippen LogP contribution in [0.1, 0.15) is 32.6 Å². The molecule has 14 heavy (non-hydrogen) atoms. The molecule has 0 aromatic carbocycles. The van der Waals surface area contributed by atoms with E-state index in [-0.39, 0.29) is 0 Å². The van der Waals surface area contributed by atoms with Gasteiger partial charge in [0.1, 0.15) is 0 Å². The number of hydrogen-bond acceptors (Lipinski definition) is 3. The zero-order chi connectivity index (χ0) is 9.80. The van der Waals surface area contributed by atoms with Gasteiger partial charge >= 0.3 is 0 Å². The number of rotatable bonds is 4. The van der Waals surface area contributed by atoms with Crippen molar-refractivity contribution in [2.24, 2.45) is 0 Å². The number of hydrogen-bond donors (Lipinski definition) is 1. The zero-order valence-electron chi connectivity index (χ0n) is 9.00. The van der Waals surface area contributed by atoms with Gasteiger partial charge in [-0.3, -0.25) is 0 Å². The van der Waals surface area contributed by atoms with E-state index in [2.05, 4.69) is 35.8 Å². The molecule has 2 aliphatic rings. The summed E-state index contributed by atoms with van der Waals surface area (Å²) in [5.41, 5.74) is 0. The van der Waals surface area contributed by atoms with Gasteiger partial charge in [0.05, 0.1) is 0 Å². The van der Waals surface area contributed by atoms with Crippen LogP contribution in [0.15, 0.2) is 0 Å². The van der Waals surface area contributed by atoms with Crippen LogP contribution in [0, 0.1) is 0 Å². The fourth-order valence-corrected chi connectivity index (χ4v) is 4.79. The van der Waals surface area contributed by atoms with Crippen LogP contribution in [0.2, 0.25) is 0 Å². The van der Waals surface area contributed by atoms with Crippen LogP contribution in [0.5, 0.6) is 0 Å². The highest BCUT2D eigenvalue weighted by Crippen LogP contribution is 2.30. The van der Waals surface area contributed by atoms with Gasteiger partial charge in [-0.15, -0.1) is 0 Å². The Hall–Kier alpha value is 0.660. The second-order valence-corrected chi connectivity index (χ2v) is 7.04. The molecule has 0 spiro atoms. The molecule has 3 unspecified atom stereocenters. The predicted octanol–water partition coefficient (Wildman–Crippen LogP) is 2.76. The Labute approximate surface area is 96.2 Å². The zero-order valence-corrected chi connectivity index (χ0v) is 10.6. The summed E-state index contributed by atoms with van der Waals surface area (Å²) in [4.78, 5) is 0. The first-order valence-corrected chi connectivity index (χ1v) is 8.04. The van der Waals surface area contributed by atoms with E-state index in [1.807, 2.05) is 0 Å². The van der Waals surface area contributed by atoms with Gasteiger partial charge in [0.15, 0.2) is 0 Å². The van der Waals surface area contributed by atoms with Gasteiger partial charge in [0.2, 0.25) is 0 Å². The third-order valence-corrected chi connectivity index (χ3v) is 5.58. The van der Waals surface area contributed by atoms with Gasteiger partial charge in [0.25, 0.3) is 0 Å². The highest BCUT2D eigenvalue weighted by atomic mass is 32.2. The van der Waals surface area contributed by atoms with Crippen molar-refractivity contribution >= 4 is 23.5 Å². The molecule has 1 aliphatic heterocycles. The van der Waals surface area contributed by atoms with Crippen molar-refractivity contribution in [3.63, 3.8) is 0 Å². The molecule has 3 heteroatoms. The second kappa shape index (κ2) is 5.66. The quantitative estimate of drug-likeness (QED) is 0.799. The first-order chi connectivity index (χ1) is 6.88. The van der Waals surface area contributed by atoms with Crippen LogP contribution in [0.3, 0.4) is 0 Å². The topological polar surface area (TPSA) is 12.0 Å². The van der Waals surface area contributed by atoms with Crippen molar-refractivity contribution in [1.29, 1.82) is 0 Å². The Kier molecular flexibility index (Phi) is 4.51. The Bertz CT molecular complexity index is 169. The predicted molar refractivity (Wildman–Crippen MR) is 68.4 cm³/mol. The van der Waals surface area contributed by atoms with E-state index in [1.54, 1.807) is 0 Å². The Morgan fingerprint density at radius 2 is 2.21 bits per heavy atom. The van der Waals surface area contributed by atoms with Crippen molar-refractivity contribution in [1.82, 2.24) is 5.32 Å². The fraction of sp³-hybridized carbons (Fsp3) is 1.00. The third-order valence-electron chi connectivity index (χ3n) is 3.19. The molecule has 82 valence electrons. The summed E-state index contributed by atoms with van der Waals surface area (Å²) in [6, 6.07) is 1.66. The smallest absolute Gasteiger partial charge is 0.0168 e. The highest BCUT2D eigenvalue weighted by molar-refractivity contribution is 8.00. The molecule has 0 bridgehead atoms. The molecule has 1 heterocycles. The molecule has 1 N–H and O–H groups in total. The Balaban J connectivity index is 1.67. The molecule has 0 radical (unpaired) electrons. The van der Waals surface area contributed by atoms with Crippen molar-refractivity contribution in [2.45, 2.75) is 49.9 Å². The average Bonchev–Trinajstić information content (AvgIpc) is 2.79. The maximum absolute atomic E-state index is 3.83. The molecular formula is C11H21NS2. The molecule has 0 aromatic heterocycles. The first kappa shape index (κ1) is 11.2. The minimum absolute atomic E-state index is 0.829. The molecular weight excluding hydrogens is 210 g/mol. The number of thioether (sulfide) groups is 2. The van der Waals surface area contributed by atoms with Crippen molar-refractivity contribution in [2.75, 3.05) is 17.3 Å². The summed E-state index contributed by atoms with van der Waals surface area (Å²) < 4.78 is 0. The number of nitrogens with one attached hydrogen (secondary N) is 1. The van der Waals surface area contributed by atoms with Crippen LogP contribution < -0.4 is 5.32 Å².